The summed E-state index contributed by atoms with van der Waals surface area (Å²) in [6, 6.07) is 13.5. The van der Waals surface area contributed by atoms with Crippen molar-refractivity contribution in [2.75, 3.05) is 0 Å². The molecule has 0 amide bonds. The maximum absolute atomic E-state index is 3.03. The average molecular weight is 455 g/mol. The Morgan fingerprint density at radius 3 is 2.42 bits per heavy atom. The van der Waals surface area contributed by atoms with Crippen molar-refractivity contribution in [3.8, 4) is 0 Å². The molecular formula is C20H24Cl2SiZr. The Morgan fingerprint density at radius 2 is 1.71 bits per heavy atom. The topological polar surface area (TPSA) is 0 Å². The zero-order valence-corrected chi connectivity index (χ0v) is 19.7. The van der Waals surface area contributed by atoms with Crippen LogP contribution in [0, 0.1) is 0 Å². The molecule has 0 radical (unpaired) electrons. The SMILES string of the molecule is Cl.Cl.[CH3][Zr]([CH3])(=[SiH2])([C]1=CC=CC1)[C]1=CCc2ccc3ccccc3c21. The Kier molecular flexibility index (Phi) is 5.58. The Hall–Kier alpha value is -0.400. The third kappa shape index (κ3) is 2.97. The van der Waals surface area contributed by atoms with E-state index in [1.165, 1.54) is 22.8 Å². The Balaban J connectivity index is 0.00000104. The Labute approximate surface area is 159 Å². The van der Waals surface area contributed by atoms with Gasteiger partial charge in [-0.3, -0.25) is 0 Å². The van der Waals surface area contributed by atoms with Crippen molar-refractivity contribution in [2.24, 2.45) is 0 Å². The van der Waals surface area contributed by atoms with Crippen molar-refractivity contribution in [1.82, 2.24) is 0 Å². The van der Waals surface area contributed by atoms with Crippen LogP contribution in [0.25, 0.3) is 14.1 Å². The van der Waals surface area contributed by atoms with Crippen molar-refractivity contribution >= 4 is 45.7 Å². The molecule has 0 saturated carbocycles. The van der Waals surface area contributed by atoms with Crippen molar-refractivity contribution in [3.05, 3.63) is 75.1 Å². The first-order valence-corrected chi connectivity index (χ1v) is 21.4. The first kappa shape index (κ1) is 19.9. The molecule has 2 aromatic carbocycles. The minimum absolute atomic E-state index is 0. The van der Waals surface area contributed by atoms with E-state index in [-0.39, 0.29) is 24.8 Å². The molecule has 0 heterocycles. The van der Waals surface area contributed by atoms with E-state index in [1.807, 2.05) is 0 Å². The molecule has 0 aliphatic heterocycles. The molecule has 0 N–H and O–H groups in total. The molecule has 0 unspecified atom stereocenters. The van der Waals surface area contributed by atoms with Crippen LogP contribution in [0.4, 0.5) is 0 Å². The van der Waals surface area contributed by atoms with Gasteiger partial charge in [0, 0.05) is 0 Å². The molecule has 4 rings (SSSR count). The molecule has 0 atom stereocenters. The number of rotatable bonds is 2. The molecule has 24 heavy (non-hydrogen) atoms. The van der Waals surface area contributed by atoms with Gasteiger partial charge in [-0.1, -0.05) is 0 Å². The summed E-state index contributed by atoms with van der Waals surface area (Å²) in [5.41, 5.74) is 3.09. The molecule has 4 heteroatoms. The van der Waals surface area contributed by atoms with Gasteiger partial charge >= 0.3 is 136 Å². The normalized spacial score (nSPS) is 16.1. The van der Waals surface area contributed by atoms with E-state index in [0.29, 0.717) is 0 Å². The van der Waals surface area contributed by atoms with Crippen molar-refractivity contribution in [3.63, 3.8) is 0 Å². The summed E-state index contributed by atoms with van der Waals surface area (Å²) in [7, 11) is 0. The fraction of sp³-hybridized carbons (Fsp3) is 0.200. The Bertz CT molecular complexity index is 961. The number of hydrogen-bond donors (Lipinski definition) is 0. The summed E-state index contributed by atoms with van der Waals surface area (Å²) in [5, 5.41) is 2.83. The van der Waals surface area contributed by atoms with Gasteiger partial charge in [0.05, 0.1) is 0 Å². The Morgan fingerprint density at radius 1 is 0.958 bits per heavy atom. The van der Waals surface area contributed by atoms with Crippen molar-refractivity contribution in [1.29, 1.82) is 0 Å². The summed E-state index contributed by atoms with van der Waals surface area (Å²) in [6.45, 7) is 2.34. The summed E-state index contributed by atoms with van der Waals surface area (Å²) >= 11 is -3.03. The quantitative estimate of drug-likeness (QED) is 0.506. The number of allylic oxidation sites excluding steroid dienone is 5. The van der Waals surface area contributed by atoms with Gasteiger partial charge in [0.25, 0.3) is 0 Å². The second-order valence-electron chi connectivity index (χ2n) is 7.65. The third-order valence-corrected chi connectivity index (χ3v) is 21.8. The molecule has 0 saturated heterocycles. The molecule has 2 aliphatic carbocycles. The minimum atomic E-state index is -3.03. The van der Waals surface area contributed by atoms with E-state index in [9.17, 15) is 0 Å². The maximum atomic E-state index is 2.61. The van der Waals surface area contributed by atoms with E-state index in [0.717, 1.165) is 6.42 Å². The van der Waals surface area contributed by atoms with Crippen LogP contribution < -0.4 is 0 Å². The molecular weight excluding hydrogens is 430 g/mol. The number of fused-ring (bicyclic) bond motifs is 3. The molecule has 0 spiro atoms. The predicted octanol–water partition coefficient (Wildman–Crippen LogP) is 5.76. The second-order valence-corrected chi connectivity index (χ2v) is 36.3. The second kappa shape index (κ2) is 6.72. The van der Waals surface area contributed by atoms with Gasteiger partial charge in [-0.2, -0.15) is 0 Å². The molecule has 0 aromatic heterocycles. The number of benzene rings is 2. The molecule has 126 valence electrons. The van der Waals surface area contributed by atoms with Crippen LogP contribution in [0.1, 0.15) is 17.5 Å². The first-order chi connectivity index (χ1) is 10.5. The van der Waals surface area contributed by atoms with Crippen LogP contribution in [0.15, 0.2) is 64.0 Å². The molecule has 0 nitrogen and oxygen atoms in total. The zero-order chi connectivity index (χ0) is 15.4. The van der Waals surface area contributed by atoms with E-state index in [1.54, 1.807) is 12.1 Å². The summed E-state index contributed by atoms with van der Waals surface area (Å²) < 4.78 is 8.66. The first-order valence-electron chi connectivity index (χ1n) is 8.11. The van der Waals surface area contributed by atoms with Crippen molar-refractivity contribution < 1.29 is 17.4 Å². The molecule has 0 bridgehead atoms. The van der Waals surface area contributed by atoms with Gasteiger partial charge in [0.2, 0.25) is 0 Å². The monoisotopic (exact) mass is 452 g/mol. The van der Waals surface area contributed by atoms with Gasteiger partial charge < -0.3 is 0 Å². The number of hydrogen-bond acceptors (Lipinski definition) is 0. The fourth-order valence-electron chi connectivity index (χ4n) is 4.06. The summed E-state index contributed by atoms with van der Waals surface area (Å²) in [6.07, 6.45) is 11.8. The van der Waals surface area contributed by atoms with E-state index >= 15 is 0 Å². The zero-order valence-electron chi connectivity index (χ0n) is 14.2. The van der Waals surface area contributed by atoms with Gasteiger partial charge in [-0.05, 0) is 0 Å². The van der Waals surface area contributed by atoms with Gasteiger partial charge in [0.15, 0.2) is 0 Å². The van der Waals surface area contributed by atoms with Crippen LogP contribution in [-0.2, 0) is 23.8 Å². The molecule has 0 fully saturated rings. The van der Waals surface area contributed by atoms with Crippen LogP contribution in [0.2, 0.25) is 9.26 Å². The standard InChI is InChI=1S/C13H9.C5H5.2CH3.2ClH.H2Si.Zr/c1-2-6-12-10(4-1)8-9-11-5-3-7-13(11)12;1-2-4-5-3-1;;;;;;/h1-4,6,8-9H,5H2;1-3H,4H2;2*1H3;2*1H;1H2;. The van der Waals surface area contributed by atoms with Crippen LogP contribution in [0.3, 0.4) is 0 Å². The molecule has 2 aromatic rings. The van der Waals surface area contributed by atoms with E-state index in [2.05, 4.69) is 76.8 Å². The van der Waals surface area contributed by atoms with Gasteiger partial charge in [-0.25, -0.2) is 0 Å². The van der Waals surface area contributed by atoms with Crippen molar-refractivity contribution in [2.45, 2.75) is 22.1 Å². The number of halogens is 2. The van der Waals surface area contributed by atoms with Crippen LogP contribution >= 0.6 is 24.8 Å². The average Bonchev–Trinajstić information content (AvgIpc) is 3.17. The van der Waals surface area contributed by atoms with E-state index < -0.39 is 17.4 Å². The van der Waals surface area contributed by atoms with Crippen LogP contribution in [0.5, 0.6) is 0 Å². The summed E-state index contributed by atoms with van der Waals surface area (Å²) in [4.78, 5) is 0. The molecule has 2 aliphatic rings. The third-order valence-electron chi connectivity index (χ3n) is 5.48. The fourth-order valence-corrected chi connectivity index (χ4v) is 16.4. The summed E-state index contributed by atoms with van der Waals surface area (Å²) in [5.74, 6) is 0. The van der Waals surface area contributed by atoms with Gasteiger partial charge in [-0.15, -0.1) is 24.8 Å². The van der Waals surface area contributed by atoms with E-state index in [4.69, 9.17) is 0 Å². The van der Waals surface area contributed by atoms with Gasteiger partial charge in [0.1, 0.15) is 0 Å². The van der Waals surface area contributed by atoms with Crippen LogP contribution in [-0.4, -0.2) is 6.88 Å². The predicted molar refractivity (Wildman–Crippen MR) is 112 cm³/mol.